The number of carbonyl (C=O) groups is 1. The van der Waals surface area contributed by atoms with Crippen molar-refractivity contribution in [3.8, 4) is 0 Å². The summed E-state index contributed by atoms with van der Waals surface area (Å²) in [6.45, 7) is 4.30. The summed E-state index contributed by atoms with van der Waals surface area (Å²) in [6.07, 6.45) is 4.71. The molecule has 1 aromatic heterocycles. The van der Waals surface area contributed by atoms with Gasteiger partial charge in [-0.1, -0.05) is 17.3 Å². The van der Waals surface area contributed by atoms with Gasteiger partial charge >= 0.3 is 5.97 Å². The fourth-order valence-electron chi connectivity index (χ4n) is 2.25. The highest BCUT2D eigenvalue weighted by molar-refractivity contribution is 5.71. The first kappa shape index (κ1) is 13.7. The van der Waals surface area contributed by atoms with Crippen molar-refractivity contribution in [1.82, 2.24) is 10.1 Å². The number of hydrogen-bond donors (Lipinski definition) is 1. The van der Waals surface area contributed by atoms with E-state index < -0.39 is 11.9 Å². The van der Waals surface area contributed by atoms with Gasteiger partial charge < -0.3 is 14.4 Å². The van der Waals surface area contributed by atoms with E-state index in [0.717, 1.165) is 0 Å². The minimum Gasteiger partial charge on any atom is -0.481 e. The van der Waals surface area contributed by atoms with Crippen LogP contribution in [0.15, 0.2) is 16.7 Å². The molecule has 3 atom stereocenters. The molecule has 0 aromatic carbocycles. The Balaban J connectivity index is 2.17. The molecular weight excluding hydrogens is 248 g/mol. The minimum atomic E-state index is -0.827. The first-order valence-corrected chi connectivity index (χ1v) is 6.46. The Morgan fingerprint density at radius 3 is 3.00 bits per heavy atom. The number of hydrogen-bond acceptors (Lipinski definition) is 5. The second-order valence-electron chi connectivity index (χ2n) is 4.58. The molecule has 0 spiro atoms. The molecule has 1 aromatic rings. The van der Waals surface area contributed by atoms with Gasteiger partial charge in [0.1, 0.15) is 6.10 Å². The summed E-state index contributed by atoms with van der Waals surface area (Å²) in [6, 6.07) is 0. The standard InChI is InChI=1S/C13H18N2O4/c1-3-18-8(2)11-14-12(19-15-11)9-6-4-5-7-10(9)13(16)17/h4-5,8-10H,3,6-7H2,1-2H3,(H,16,17). The van der Waals surface area contributed by atoms with Gasteiger partial charge in [-0.3, -0.25) is 4.79 Å². The van der Waals surface area contributed by atoms with Gasteiger partial charge in [0.15, 0.2) is 5.82 Å². The molecule has 1 heterocycles. The van der Waals surface area contributed by atoms with E-state index in [4.69, 9.17) is 9.26 Å². The van der Waals surface area contributed by atoms with Crippen LogP contribution >= 0.6 is 0 Å². The van der Waals surface area contributed by atoms with Crippen molar-refractivity contribution in [3.05, 3.63) is 23.9 Å². The lowest BCUT2D eigenvalue weighted by atomic mass is 9.83. The van der Waals surface area contributed by atoms with E-state index in [0.29, 0.717) is 31.2 Å². The normalized spacial score (nSPS) is 24.3. The van der Waals surface area contributed by atoms with Crippen molar-refractivity contribution in [2.45, 2.75) is 38.7 Å². The summed E-state index contributed by atoms with van der Waals surface area (Å²) in [5.41, 5.74) is 0. The number of ether oxygens (including phenoxy) is 1. The summed E-state index contributed by atoms with van der Waals surface area (Å²) in [4.78, 5) is 15.5. The lowest BCUT2D eigenvalue weighted by Crippen LogP contribution is -2.23. The molecule has 0 radical (unpaired) electrons. The van der Waals surface area contributed by atoms with Crippen molar-refractivity contribution in [2.75, 3.05) is 6.61 Å². The molecule has 0 bridgehead atoms. The van der Waals surface area contributed by atoms with Gasteiger partial charge in [-0.2, -0.15) is 4.98 Å². The Hall–Kier alpha value is -1.69. The number of carboxylic acids is 1. The highest BCUT2D eigenvalue weighted by atomic mass is 16.5. The van der Waals surface area contributed by atoms with Crippen LogP contribution in [-0.4, -0.2) is 27.8 Å². The second-order valence-corrected chi connectivity index (χ2v) is 4.58. The zero-order chi connectivity index (χ0) is 13.8. The minimum absolute atomic E-state index is 0.245. The van der Waals surface area contributed by atoms with E-state index in [2.05, 4.69) is 10.1 Å². The molecule has 6 heteroatoms. The van der Waals surface area contributed by atoms with E-state index in [-0.39, 0.29) is 12.0 Å². The van der Waals surface area contributed by atoms with Crippen LogP contribution in [0.1, 0.15) is 50.4 Å². The topological polar surface area (TPSA) is 85.5 Å². The molecule has 0 aliphatic heterocycles. The quantitative estimate of drug-likeness (QED) is 0.823. The molecule has 0 amide bonds. The third-order valence-electron chi connectivity index (χ3n) is 3.30. The van der Waals surface area contributed by atoms with E-state index >= 15 is 0 Å². The zero-order valence-electron chi connectivity index (χ0n) is 11.1. The van der Waals surface area contributed by atoms with Crippen LogP contribution in [0.2, 0.25) is 0 Å². The summed E-state index contributed by atoms with van der Waals surface area (Å²) in [5.74, 6) is -0.723. The van der Waals surface area contributed by atoms with Gasteiger partial charge in [0.25, 0.3) is 0 Å². The summed E-state index contributed by atoms with van der Waals surface area (Å²) in [7, 11) is 0. The maximum Gasteiger partial charge on any atom is 0.307 e. The Bertz CT molecular complexity index is 469. The first-order valence-electron chi connectivity index (χ1n) is 6.46. The van der Waals surface area contributed by atoms with Crippen LogP contribution in [0.3, 0.4) is 0 Å². The van der Waals surface area contributed by atoms with Crippen molar-refractivity contribution < 1.29 is 19.2 Å². The fraction of sp³-hybridized carbons (Fsp3) is 0.615. The Morgan fingerprint density at radius 2 is 2.32 bits per heavy atom. The molecule has 1 aliphatic carbocycles. The summed E-state index contributed by atoms with van der Waals surface area (Å²) < 4.78 is 10.6. The molecule has 0 saturated heterocycles. The molecule has 0 fully saturated rings. The predicted molar refractivity (Wildman–Crippen MR) is 66.6 cm³/mol. The van der Waals surface area contributed by atoms with Crippen molar-refractivity contribution in [1.29, 1.82) is 0 Å². The average molecular weight is 266 g/mol. The lowest BCUT2D eigenvalue weighted by molar-refractivity contribution is -0.142. The Morgan fingerprint density at radius 1 is 1.58 bits per heavy atom. The van der Waals surface area contributed by atoms with Crippen molar-refractivity contribution in [2.24, 2.45) is 5.92 Å². The van der Waals surface area contributed by atoms with Crippen LogP contribution in [0, 0.1) is 5.92 Å². The van der Waals surface area contributed by atoms with Crippen LogP contribution in [0.5, 0.6) is 0 Å². The van der Waals surface area contributed by atoms with Gasteiger partial charge in [-0.15, -0.1) is 0 Å². The number of carboxylic acid groups (broad SMARTS) is 1. The summed E-state index contributed by atoms with van der Waals surface area (Å²) in [5, 5.41) is 13.1. The lowest BCUT2D eigenvalue weighted by Gasteiger charge is -2.21. The number of nitrogens with zero attached hydrogens (tertiary/aromatic N) is 2. The SMILES string of the molecule is CCOC(C)c1noc(C2CC=CCC2C(=O)O)n1. The van der Waals surface area contributed by atoms with E-state index in [1.807, 2.05) is 26.0 Å². The van der Waals surface area contributed by atoms with Crippen molar-refractivity contribution in [3.63, 3.8) is 0 Å². The van der Waals surface area contributed by atoms with Crippen molar-refractivity contribution >= 4 is 5.97 Å². The monoisotopic (exact) mass is 266 g/mol. The maximum atomic E-state index is 11.2. The predicted octanol–water partition coefficient (Wildman–Crippen LogP) is 2.30. The molecule has 6 nitrogen and oxygen atoms in total. The van der Waals surface area contributed by atoms with Gasteiger partial charge in [-0.25, -0.2) is 0 Å². The molecule has 1 N–H and O–H groups in total. The first-order chi connectivity index (χ1) is 9.13. The van der Waals surface area contributed by atoms with Gasteiger partial charge in [0.05, 0.1) is 11.8 Å². The Labute approximate surface area is 111 Å². The summed E-state index contributed by atoms with van der Waals surface area (Å²) >= 11 is 0. The van der Waals surface area contributed by atoms with Crippen LogP contribution in [-0.2, 0) is 9.53 Å². The third kappa shape index (κ3) is 3.01. The smallest absolute Gasteiger partial charge is 0.307 e. The number of aliphatic carboxylic acids is 1. The molecule has 2 rings (SSSR count). The van der Waals surface area contributed by atoms with Gasteiger partial charge in [-0.05, 0) is 26.7 Å². The van der Waals surface area contributed by atoms with E-state index in [1.54, 1.807) is 0 Å². The molecular formula is C13H18N2O4. The Kier molecular flexibility index (Phi) is 4.31. The maximum absolute atomic E-state index is 11.2. The molecule has 104 valence electrons. The van der Waals surface area contributed by atoms with E-state index in [1.165, 1.54) is 0 Å². The third-order valence-corrected chi connectivity index (χ3v) is 3.30. The molecule has 0 saturated carbocycles. The highest BCUT2D eigenvalue weighted by Crippen LogP contribution is 2.34. The zero-order valence-corrected chi connectivity index (χ0v) is 11.1. The number of rotatable bonds is 5. The number of allylic oxidation sites excluding steroid dienone is 2. The van der Waals surface area contributed by atoms with Crippen LogP contribution < -0.4 is 0 Å². The van der Waals surface area contributed by atoms with Gasteiger partial charge in [0.2, 0.25) is 5.89 Å². The van der Waals surface area contributed by atoms with Gasteiger partial charge in [0, 0.05) is 6.61 Å². The highest BCUT2D eigenvalue weighted by Gasteiger charge is 2.34. The van der Waals surface area contributed by atoms with Crippen LogP contribution in [0.4, 0.5) is 0 Å². The van der Waals surface area contributed by atoms with E-state index in [9.17, 15) is 9.90 Å². The largest absolute Gasteiger partial charge is 0.481 e. The fourth-order valence-corrected chi connectivity index (χ4v) is 2.25. The molecule has 1 aliphatic rings. The average Bonchev–Trinajstić information content (AvgIpc) is 2.88. The molecule has 19 heavy (non-hydrogen) atoms. The second kappa shape index (κ2) is 5.97. The van der Waals surface area contributed by atoms with Crippen LogP contribution in [0.25, 0.3) is 0 Å². The molecule has 3 unspecified atom stereocenters. The number of aromatic nitrogens is 2.